The molecule has 1 amide bonds. The maximum Gasteiger partial charge on any atom is 0.252 e. The van der Waals surface area contributed by atoms with Crippen molar-refractivity contribution < 1.29 is 4.79 Å². The highest BCUT2D eigenvalue weighted by atomic mass is 35.5. The van der Waals surface area contributed by atoms with Gasteiger partial charge >= 0.3 is 0 Å². The molecule has 0 aliphatic carbocycles. The quantitative estimate of drug-likeness (QED) is 0.936. The molecular formula is C17H19ClN4O. The molecule has 2 aromatic rings. The number of aromatic nitrogens is 2. The summed E-state index contributed by atoms with van der Waals surface area (Å²) in [7, 11) is 0. The Bertz CT molecular complexity index is 692. The monoisotopic (exact) mass is 330 g/mol. The predicted octanol–water partition coefficient (Wildman–Crippen LogP) is 2.69. The molecule has 1 aliphatic heterocycles. The first-order chi connectivity index (χ1) is 11.1. The molecule has 5 nitrogen and oxygen atoms in total. The van der Waals surface area contributed by atoms with E-state index in [9.17, 15) is 4.79 Å². The SMILES string of the molecule is Cc1ccc(Cl)cc1N1CCC(CNC(=O)c2ccnnc2)C1. The lowest BCUT2D eigenvalue weighted by atomic mass is 10.1. The van der Waals surface area contributed by atoms with Gasteiger partial charge in [-0.05, 0) is 43.0 Å². The van der Waals surface area contributed by atoms with Gasteiger partial charge in [0.05, 0.1) is 18.0 Å². The highest BCUT2D eigenvalue weighted by Crippen LogP contribution is 2.29. The number of benzene rings is 1. The van der Waals surface area contributed by atoms with Crippen molar-refractivity contribution in [2.75, 3.05) is 24.5 Å². The summed E-state index contributed by atoms with van der Waals surface area (Å²) in [6.07, 6.45) is 4.06. The highest BCUT2D eigenvalue weighted by molar-refractivity contribution is 6.30. The van der Waals surface area contributed by atoms with E-state index in [4.69, 9.17) is 11.6 Å². The zero-order valence-corrected chi connectivity index (χ0v) is 13.8. The van der Waals surface area contributed by atoms with E-state index < -0.39 is 0 Å². The third kappa shape index (κ3) is 3.79. The molecule has 3 rings (SSSR count). The summed E-state index contributed by atoms with van der Waals surface area (Å²) in [4.78, 5) is 14.4. The minimum Gasteiger partial charge on any atom is -0.371 e. The van der Waals surface area contributed by atoms with Crippen LogP contribution in [0.25, 0.3) is 0 Å². The average Bonchev–Trinajstić information content (AvgIpc) is 3.04. The maximum absolute atomic E-state index is 12.0. The number of halogens is 1. The Balaban J connectivity index is 1.56. The Kier molecular flexibility index (Phi) is 4.76. The molecule has 1 aliphatic rings. The normalized spacial score (nSPS) is 17.3. The minimum absolute atomic E-state index is 0.0997. The van der Waals surface area contributed by atoms with Crippen molar-refractivity contribution in [3.05, 3.63) is 52.8 Å². The van der Waals surface area contributed by atoms with Crippen LogP contribution in [0.2, 0.25) is 5.02 Å². The van der Waals surface area contributed by atoms with Crippen molar-refractivity contribution in [1.29, 1.82) is 0 Å². The molecule has 0 radical (unpaired) electrons. The molecule has 1 N–H and O–H groups in total. The number of aryl methyl sites for hydroxylation is 1. The second kappa shape index (κ2) is 6.96. The zero-order valence-electron chi connectivity index (χ0n) is 13.0. The van der Waals surface area contributed by atoms with Crippen molar-refractivity contribution in [3.63, 3.8) is 0 Å². The van der Waals surface area contributed by atoms with Gasteiger partial charge < -0.3 is 10.2 Å². The minimum atomic E-state index is -0.0997. The van der Waals surface area contributed by atoms with Gasteiger partial charge in [-0.3, -0.25) is 4.79 Å². The summed E-state index contributed by atoms with van der Waals surface area (Å²) in [6, 6.07) is 7.64. The van der Waals surface area contributed by atoms with Crippen LogP contribution in [-0.4, -0.2) is 35.7 Å². The number of rotatable bonds is 4. The van der Waals surface area contributed by atoms with Crippen LogP contribution in [0, 0.1) is 12.8 Å². The molecule has 6 heteroatoms. The number of nitrogens with one attached hydrogen (secondary N) is 1. The summed E-state index contributed by atoms with van der Waals surface area (Å²) < 4.78 is 0. The largest absolute Gasteiger partial charge is 0.371 e. The zero-order chi connectivity index (χ0) is 16.2. The fourth-order valence-electron chi connectivity index (χ4n) is 2.91. The molecule has 23 heavy (non-hydrogen) atoms. The van der Waals surface area contributed by atoms with Gasteiger partial charge in [-0.25, -0.2) is 0 Å². The topological polar surface area (TPSA) is 58.1 Å². The van der Waals surface area contributed by atoms with Gasteiger partial charge in [0, 0.05) is 30.3 Å². The summed E-state index contributed by atoms with van der Waals surface area (Å²) in [5.41, 5.74) is 2.95. The summed E-state index contributed by atoms with van der Waals surface area (Å²) >= 11 is 6.11. The molecule has 1 aromatic heterocycles. The smallest absolute Gasteiger partial charge is 0.252 e. The molecule has 0 spiro atoms. The Morgan fingerprint density at radius 3 is 3.04 bits per heavy atom. The molecular weight excluding hydrogens is 312 g/mol. The van der Waals surface area contributed by atoms with Crippen molar-refractivity contribution >= 4 is 23.2 Å². The molecule has 2 heterocycles. The number of carbonyl (C=O) groups excluding carboxylic acids is 1. The molecule has 1 saturated heterocycles. The molecule has 0 saturated carbocycles. The first kappa shape index (κ1) is 15.7. The van der Waals surface area contributed by atoms with Crippen LogP contribution in [-0.2, 0) is 0 Å². The van der Waals surface area contributed by atoms with Gasteiger partial charge in [0.2, 0.25) is 0 Å². The first-order valence-corrected chi connectivity index (χ1v) is 8.07. The Labute approximate surface area is 140 Å². The van der Waals surface area contributed by atoms with Crippen molar-refractivity contribution in [2.24, 2.45) is 5.92 Å². The molecule has 1 unspecified atom stereocenters. The number of carbonyl (C=O) groups is 1. The van der Waals surface area contributed by atoms with Gasteiger partial charge in [-0.2, -0.15) is 10.2 Å². The van der Waals surface area contributed by atoms with Crippen LogP contribution in [0.4, 0.5) is 5.69 Å². The van der Waals surface area contributed by atoms with Crippen LogP contribution >= 0.6 is 11.6 Å². The van der Waals surface area contributed by atoms with E-state index in [2.05, 4.69) is 27.3 Å². The van der Waals surface area contributed by atoms with Crippen LogP contribution < -0.4 is 10.2 Å². The number of hydrogen-bond acceptors (Lipinski definition) is 4. The van der Waals surface area contributed by atoms with Gasteiger partial charge in [-0.1, -0.05) is 17.7 Å². The molecule has 1 atom stereocenters. The lowest BCUT2D eigenvalue weighted by Crippen LogP contribution is -2.31. The standard InChI is InChI=1S/C17H19ClN4O/c1-12-2-3-15(18)8-16(12)22-7-5-13(11-22)9-19-17(23)14-4-6-20-21-10-14/h2-4,6,8,10,13H,5,7,9,11H2,1H3,(H,19,23). The highest BCUT2D eigenvalue weighted by Gasteiger charge is 2.24. The molecule has 120 valence electrons. The average molecular weight is 331 g/mol. The lowest BCUT2D eigenvalue weighted by molar-refractivity contribution is 0.0947. The van der Waals surface area contributed by atoms with E-state index in [0.717, 1.165) is 24.5 Å². The van der Waals surface area contributed by atoms with Crippen molar-refractivity contribution in [1.82, 2.24) is 15.5 Å². The fourth-order valence-corrected chi connectivity index (χ4v) is 3.07. The second-order valence-corrected chi connectivity index (χ2v) is 6.31. The maximum atomic E-state index is 12.0. The van der Waals surface area contributed by atoms with E-state index in [1.165, 1.54) is 23.6 Å². The number of hydrogen-bond donors (Lipinski definition) is 1. The number of anilines is 1. The second-order valence-electron chi connectivity index (χ2n) is 5.87. The van der Waals surface area contributed by atoms with Gasteiger partial charge in [-0.15, -0.1) is 0 Å². The van der Waals surface area contributed by atoms with Crippen molar-refractivity contribution in [2.45, 2.75) is 13.3 Å². The molecule has 0 bridgehead atoms. The Morgan fingerprint density at radius 1 is 1.39 bits per heavy atom. The van der Waals surface area contributed by atoms with Crippen molar-refractivity contribution in [3.8, 4) is 0 Å². The van der Waals surface area contributed by atoms with Crippen LogP contribution in [0.15, 0.2) is 36.7 Å². The Hall–Kier alpha value is -2.14. The van der Waals surface area contributed by atoms with Crippen LogP contribution in [0.3, 0.4) is 0 Å². The van der Waals surface area contributed by atoms with E-state index in [-0.39, 0.29) is 5.91 Å². The predicted molar refractivity (Wildman–Crippen MR) is 90.9 cm³/mol. The lowest BCUT2D eigenvalue weighted by Gasteiger charge is -2.21. The third-order valence-corrected chi connectivity index (χ3v) is 4.43. The van der Waals surface area contributed by atoms with Gasteiger partial charge in [0.15, 0.2) is 0 Å². The van der Waals surface area contributed by atoms with Crippen LogP contribution in [0.1, 0.15) is 22.3 Å². The number of nitrogens with zero attached hydrogens (tertiary/aromatic N) is 3. The molecule has 1 aromatic carbocycles. The third-order valence-electron chi connectivity index (χ3n) is 4.20. The first-order valence-electron chi connectivity index (χ1n) is 7.69. The van der Waals surface area contributed by atoms with Gasteiger partial charge in [0.25, 0.3) is 5.91 Å². The number of amides is 1. The summed E-state index contributed by atoms with van der Waals surface area (Å²) in [6.45, 7) is 4.67. The fraction of sp³-hybridized carbons (Fsp3) is 0.353. The van der Waals surface area contributed by atoms with E-state index in [0.29, 0.717) is 18.0 Å². The van der Waals surface area contributed by atoms with E-state index >= 15 is 0 Å². The van der Waals surface area contributed by atoms with Crippen LogP contribution in [0.5, 0.6) is 0 Å². The summed E-state index contributed by atoms with van der Waals surface area (Å²) in [5.74, 6) is 0.337. The van der Waals surface area contributed by atoms with E-state index in [1.807, 2.05) is 18.2 Å². The summed E-state index contributed by atoms with van der Waals surface area (Å²) in [5, 5.41) is 11.1. The van der Waals surface area contributed by atoms with Gasteiger partial charge in [0.1, 0.15) is 0 Å². The van der Waals surface area contributed by atoms with E-state index in [1.54, 1.807) is 6.07 Å². The molecule has 1 fully saturated rings. The Morgan fingerprint density at radius 2 is 2.26 bits per heavy atom.